The third-order valence-corrected chi connectivity index (χ3v) is 13.8. The van der Waals surface area contributed by atoms with Crippen molar-refractivity contribution in [3.8, 4) is 0 Å². The van der Waals surface area contributed by atoms with Gasteiger partial charge in [0, 0.05) is 52.1 Å². The Morgan fingerprint density at radius 3 is 2.58 bits per heavy atom. The number of halogens is 2. The number of aromatic nitrogens is 7. The minimum absolute atomic E-state index is 0.0304. The van der Waals surface area contributed by atoms with Gasteiger partial charge in [0.05, 0.1) is 47.2 Å². The molecule has 9 rings (SSSR count). The minimum Gasteiger partial charge on any atom is -0.391 e. The van der Waals surface area contributed by atoms with Crippen molar-refractivity contribution in [1.29, 1.82) is 0 Å². The number of aliphatic hydroxyl groups excluding tert-OH is 1. The molecule has 2 aliphatic heterocycles. The zero-order chi connectivity index (χ0) is 44.5. The van der Waals surface area contributed by atoms with Gasteiger partial charge in [-0.3, -0.25) is 33.5 Å². The van der Waals surface area contributed by atoms with Crippen molar-refractivity contribution < 1.29 is 33.0 Å². The molecule has 4 fully saturated rings. The summed E-state index contributed by atoms with van der Waals surface area (Å²) in [5.41, 5.74) is 2.15. The maximum atomic E-state index is 14.3. The smallest absolute Gasteiger partial charge is 0.329 e. The van der Waals surface area contributed by atoms with Crippen LogP contribution in [-0.2, 0) is 27.8 Å². The van der Waals surface area contributed by atoms with Crippen LogP contribution in [0.5, 0.6) is 0 Å². The van der Waals surface area contributed by atoms with Gasteiger partial charge in [0.15, 0.2) is 11.3 Å². The fourth-order valence-electron chi connectivity index (χ4n) is 10.3. The van der Waals surface area contributed by atoms with Gasteiger partial charge in [-0.15, -0.1) is 0 Å². The number of nitrogens with zero attached hydrogens (tertiary/aromatic N) is 8. The SMILES string of the molecule is Cn1c(=O)n(C2CCC(=O)NC2=O)c2cccc(CCCOC3CCN(CC4CCC(n5cc(NC(=O)c6cnn7ccc(N[C@@H]8CCCC[C@H]8O)nc67)c(C(F)F)n5)CC4)CC3)c21. The molecule has 342 valence electrons. The van der Waals surface area contributed by atoms with E-state index >= 15 is 0 Å². The van der Waals surface area contributed by atoms with Gasteiger partial charge in [-0.2, -0.15) is 10.2 Å². The topological polar surface area (TPSA) is 195 Å². The largest absolute Gasteiger partial charge is 0.391 e. The van der Waals surface area contributed by atoms with Gasteiger partial charge in [0.2, 0.25) is 11.8 Å². The second-order valence-corrected chi connectivity index (χ2v) is 18.0. The Hall–Kier alpha value is -5.53. The zero-order valence-corrected chi connectivity index (χ0v) is 36.1. The molecule has 64 heavy (non-hydrogen) atoms. The average molecular weight is 886 g/mol. The van der Waals surface area contributed by atoms with Crippen LogP contribution >= 0.6 is 0 Å². The molecule has 17 nitrogen and oxygen atoms in total. The molecule has 3 amide bonds. The number of likely N-dealkylation sites (tertiary alicyclic amines) is 1. The van der Waals surface area contributed by atoms with Crippen molar-refractivity contribution in [2.45, 2.75) is 127 Å². The molecule has 1 unspecified atom stereocenters. The number of fused-ring (bicyclic) bond motifs is 2. The van der Waals surface area contributed by atoms with Gasteiger partial charge in [0.1, 0.15) is 17.4 Å². The molecule has 0 radical (unpaired) electrons. The molecule has 4 aromatic heterocycles. The Kier molecular flexibility index (Phi) is 12.9. The van der Waals surface area contributed by atoms with Crippen LogP contribution in [0.1, 0.15) is 124 Å². The van der Waals surface area contributed by atoms with Crippen LogP contribution in [-0.4, -0.2) is 106 Å². The predicted octanol–water partition coefficient (Wildman–Crippen LogP) is 5.31. The summed E-state index contributed by atoms with van der Waals surface area (Å²) in [5.74, 6) is -0.382. The number of aliphatic hydroxyl groups is 1. The first-order valence-corrected chi connectivity index (χ1v) is 22.8. The van der Waals surface area contributed by atoms with E-state index in [1.54, 1.807) is 28.6 Å². The molecule has 1 aromatic carbocycles. The fraction of sp³-hybridized carbons (Fsp3) is 0.578. The van der Waals surface area contributed by atoms with Crippen LogP contribution < -0.4 is 21.6 Å². The first-order chi connectivity index (χ1) is 31.0. The van der Waals surface area contributed by atoms with E-state index in [9.17, 15) is 33.1 Å². The van der Waals surface area contributed by atoms with E-state index in [4.69, 9.17) is 4.74 Å². The Balaban J connectivity index is 0.728. The summed E-state index contributed by atoms with van der Waals surface area (Å²) in [5, 5.41) is 27.2. The van der Waals surface area contributed by atoms with Crippen LogP contribution in [0, 0.1) is 5.92 Å². The second kappa shape index (κ2) is 18.9. The van der Waals surface area contributed by atoms with Gasteiger partial charge >= 0.3 is 5.69 Å². The fourth-order valence-corrected chi connectivity index (χ4v) is 10.3. The number of nitrogens with one attached hydrogen (secondary N) is 3. The summed E-state index contributed by atoms with van der Waals surface area (Å²) in [6.45, 7) is 3.48. The summed E-state index contributed by atoms with van der Waals surface area (Å²) in [7, 11) is 1.72. The summed E-state index contributed by atoms with van der Waals surface area (Å²) in [4.78, 5) is 58.2. The predicted molar refractivity (Wildman–Crippen MR) is 233 cm³/mol. The lowest BCUT2D eigenvalue weighted by atomic mass is 9.85. The van der Waals surface area contributed by atoms with Gasteiger partial charge in [0.25, 0.3) is 12.3 Å². The highest BCUT2D eigenvalue weighted by atomic mass is 19.3. The number of ether oxygens (including phenoxy) is 1. The molecule has 19 heteroatoms. The molecule has 2 aliphatic carbocycles. The number of carbonyl (C=O) groups is 3. The highest BCUT2D eigenvalue weighted by molar-refractivity contribution is 6.08. The van der Waals surface area contributed by atoms with Crippen molar-refractivity contribution in [1.82, 2.24) is 43.7 Å². The highest BCUT2D eigenvalue weighted by Crippen LogP contribution is 2.36. The number of anilines is 2. The van der Waals surface area contributed by atoms with Gasteiger partial charge < -0.3 is 25.4 Å². The highest BCUT2D eigenvalue weighted by Gasteiger charge is 2.33. The van der Waals surface area contributed by atoms with Crippen molar-refractivity contribution in [3.63, 3.8) is 0 Å². The van der Waals surface area contributed by atoms with Crippen LogP contribution in [0.4, 0.5) is 20.3 Å². The van der Waals surface area contributed by atoms with E-state index < -0.39 is 36.1 Å². The Morgan fingerprint density at radius 2 is 1.81 bits per heavy atom. The molecule has 4 N–H and O–H groups in total. The third-order valence-electron chi connectivity index (χ3n) is 13.8. The molecule has 5 aromatic rings. The lowest BCUT2D eigenvalue weighted by molar-refractivity contribution is -0.135. The Morgan fingerprint density at radius 1 is 1.02 bits per heavy atom. The van der Waals surface area contributed by atoms with Gasteiger partial charge in [-0.25, -0.2) is 23.1 Å². The summed E-state index contributed by atoms with van der Waals surface area (Å²) >= 11 is 0. The van der Waals surface area contributed by atoms with E-state index in [0.29, 0.717) is 36.7 Å². The third kappa shape index (κ3) is 9.19. The van der Waals surface area contributed by atoms with Crippen LogP contribution in [0.25, 0.3) is 16.7 Å². The summed E-state index contributed by atoms with van der Waals surface area (Å²) in [6.07, 6.45) is 12.3. The molecular weight excluding hydrogens is 829 g/mol. The molecule has 0 spiro atoms. The van der Waals surface area contributed by atoms with Gasteiger partial charge in [-0.05, 0) is 94.2 Å². The number of benzene rings is 1. The van der Waals surface area contributed by atoms with Crippen LogP contribution in [0.3, 0.4) is 0 Å². The number of hydrogen-bond acceptors (Lipinski definition) is 11. The van der Waals surface area contributed by atoms with E-state index in [-0.39, 0.29) is 53.1 Å². The van der Waals surface area contributed by atoms with Crippen molar-refractivity contribution in [2.75, 3.05) is 36.9 Å². The molecule has 4 aliphatic rings. The quantitative estimate of drug-likeness (QED) is 0.0835. The first kappa shape index (κ1) is 43.7. The standard InChI is InChI=1S/C45H57F2N11O6/c1-54-40-28(6-4-9-34(40)58(45(54)63)35-15-16-38(60)52-44(35)62)7-5-23-64-30-17-20-55(21-18-30)25-27-11-13-29(14-12-27)57-26-33(39(53-57)41(46)47)50-43(61)31-24-48-56-22-19-37(51-42(31)56)49-32-8-2-3-10-36(32)59/h4,6,9,19,22,24,26-27,29-30,32,35-36,41,59H,2-3,5,7-8,10-18,20-21,23,25H2,1H3,(H,49,51)(H,50,61)(H,52,60,62)/t27?,29?,32-,35?,36-/m1/s1. The summed E-state index contributed by atoms with van der Waals surface area (Å²) in [6, 6.07) is 6.59. The zero-order valence-electron chi connectivity index (χ0n) is 36.1. The number of imide groups is 1. The lowest BCUT2D eigenvalue weighted by Crippen LogP contribution is -2.44. The van der Waals surface area contributed by atoms with E-state index in [0.717, 1.165) is 101 Å². The number of amides is 3. The van der Waals surface area contributed by atoms with Crippen molar-refractivity contribution >= 4 is 45.9 Å². The number of rotatable bonds is 14. The number of piperidine rings is 2. The first-order valence-electron chi connectivity index (χ1n) is 22.8. The molecule has 2 saturated carbocycles. The lowest BCUT2D eigenvalue weighted by Gasteiger charge is -2.36. The number of alkyl halides is 2. The average Bonchev–Trinajstić information content (AvgIpc) is 3.98. The Bertz CT molecular complexity index is 2550. The maximum Gasteiger partial charge on any atom is 0.329 e. The molecule has 0 bridgehead atoms. The molecule has 6 heterocycles. The maximum absolute atomic E-state index is 14.3. The monoisotopic (exact) mass is 885 g/mol. The molecule has 2 saturated heterocycles. The number of para-hydroxylation sites is 1. The van der Waals surface area contributed by atoms with Crippen LogP contribution in [0.15, 0.2) is 47.7 Å². The minimum atomic E-state index is -2.88. The number of hydrogen-bond donors (Lipinski definition) is 4. The molecular formula is C45H57F2N11O6. The summed E-state index contributed by atoms with van der Waals surface area (Å²) < 4.78 is 41.1. The van der Waals surface area contributed by atoms with E-state index in [1.165, 1.54) is 21.5 Å². The Labute approximate surface area is 368 Å². The van der Waals surface area contributed by atoms with E-state index in [2.05, 4.69) is 36.0 Å². The van der Waals surface area contributed by atoms with E-state index in [1.807, 2.05) is 18.2 Å². The van der Waals surface area contributed by atoms with Crippen molar-refractivity contribution in [3.05, 3.63) is 70.2 Å². The number of aryl methyl sites for hydroxylation is 2. The molecule has 3 atom stereocenters. The normalized spacial score (nSPS) is 23.9. The van der Waals surface area contributed by atoms with Crippen LogP contribution in [0.2, 0.25) is 0 Å². The number of carbonyl (C=O) groups excluding carboxylic acids is 3. The number of imidazole rings is 1. The van der Waals surface area contributed by atoms with Crippen molar-refractivity contribution in [2.24, 2.45) is 13.0 Å². The van der Waals surface area contributed by atoms with Gasteiger partial charge in [-0.1, -0.05) is 25.0 Å². The second-order valence-electron chi connectivity index (χ2n) is 18.0.